The summed E-state index contributed by atoms with van der Waals surface area (Å²) in [4.78, 5) is 13.5. The first-order valence-corrected chi connectivity index (χ1v) is 7.91. The number of carbonyl (C=O) groups excluding carboxylic acids is 1. The molecule has 0 saturated heterocycles. The molecule has 0 heterocycles. The minimum absolute atomic E-state index is 0.0386. The van der Waals surface area contributed by atoms with Crippen molar-refractivity contribution in [2.45, 2.75) is 64.4 Å². The zero-order valence-corrected chi connectivity index (χ0v) is 13.9. The topological polar surface area (TPSA) is 116 Å². The lowest BCUT2D eigenvalue weighted by molar-refractivity contribution is -0.148. The highest BCUT2D eigenvalue weighted by Crippen LogP contribution is 2.05. The number of esters is 1. The molecule has 0 radical (unpaired) electrons. The Morgan fingerprint density at radius 2 is 1.59 bits per heavy atom. The van der Waals surface area contributed by atoms with Crippen LogP contribution in [0.15, 0.2) is 0 Å². The smallest absolute Gasteiger partial charge is 0.322 e. The molecule has 0 aliphatic carbocycles. The summed E-state index contributed by atoms with van der Waals surface area (Å²) >= 11 is 0. The third-order valence-corrected chi connectivity index (χ3v) is 3.05. The zero-order valence-electron chi connectivity index (χ0n) is 13.9. The number of unbranched alkanes of at least 4 members (excludes halogenated alkanes) is 1. The molecule has 0 spiro atoms. The van der Waals surface area contributed by atoms with Crippen molar-refractivity contribution < 1.29 is 24.9 Å². The van der Waals surface area contributed by atoms with E-state index in [2.05, 4.69) is 0 Å². The molecule has 0 aromatic carbocycles. The highest BCUT2D eigenvalue weighted by atomic mass is 16.5. The number of carbonyl (C=O) groups is 1. The molecule has 132 valence electrons. The first kappa shape index (κ1) is 21.3. The summed E-state index contributed by atoms with van der Waals surface area (Å²) in [6.07, 6.45) is 0.492. The van der Waals surface area contributed by atoms with E-state index in [-0.39, 0.29) is 6.61 Å². The molecule has 0 saturated carbocycles. The van der Waals surface area contributed by atoms with Crippen molar-refractivity contribution in [3.8, 4) is 0 Å². The van der Waals surface area contributed by atoms with Crippen LogP contribution in [-0.4, -0.2) is 76.8 Å². The molecular weight excluding hydrogens is 288 g/mol. The molecule has 0 aromatic rings. The Balaban J connectivity index is 3.93. The number of hydrogen-bond acceptors (Lipinski definition) is 7. The van der Waals surface area contributed by atoms with Crippen LogP contribution in [0.3, 0.4) is 0 Å². The SMILES string of the molecule is CC(O)COC(=O)C(N)CCCCN(CC(C)O)CC(C)O. The second kappa shape index (κ2) is 11.8. The van der Waals surface area contributed by atoms with E-state index in [0.717, 1.165) is 19.4 Å². The van der Waals surface area contributed by atoms with E-state index in [1.165, 1.54) is 6.92 Å². The summed E-state index contributed by atoms with van der Waals surface area (Å²) in [7, 11) is 0. The monoisotopic (exact) mass is 320 g/mol. The number of aliphatic hydroxyl groups is 3. The number of nitrogens with two attached hydrogens (primary N) is 1. The number of aliphatic hydroxyl groups excluding tert-OH is 3. The van der Waals surface area contributed by atoms with Gasteiger partial charge in [-0.3, -0.25) is 9.69 Å². The van der Waals surface area contributed by atoms with Crippen LogP contribution in [0.5, 0.6) is 0 Å². The number of nitrogens with zero attached hydrogens (tertiary/aromatic N) is 1. The van der Waals surface area contributed by atoms with E-state index in [4.69, 9.17) is 15.6 Å². The summed E-state index contributed by atoms with van der Waals surface area (Å²) in [5.41, 5.74) is 5.73. The molecule has 4 atom stereocenters. The molecule has 0 aliphatic heterocycles. The highest BCUT2D eigenvalue weighted by Gasteiger charge is 2.16. The molecule has 22 heavy (non-hydrogen) atoms. The van der Waals surface area contributed by atoms with Gasteiger partial charge in [-0.05, 0) is 40.2 Å². The number of rotatable bonds is 12. The lowest BCUT2D eigenvalue weighted by Crippen LogP contribution is -2.37. The van der Waals surface area contributed by atoms with Crippen molar-refractivity contribution in [2.24, 2.45) is 5.73 Å². The van der Waals surface area contributed by atoms with Gasteiger partial charge in [0, 0.05) is 13.1 Å². The van der Waals surface area contributed by atoms with Crippen LogP contribution in [-0.2, 0) is 9.53 Å². The van der Waals surface area contributed by atoms with Gasteiger partial charge in [0.25, 0.3) is 0 Å². The predicted octanol–water partition coefficient (Wildman–Crippen LogP) is -0.528. The van der Waals surface area contributed by atoms with Gasteiger partial charge >= 0.3 is 5.97 Å². The molecule has 0 aliphatic rings. The van der Waals surface area contributed by atoms with E-state index in [9.17, 15) is 15.0 Å². The maximum atomic E-state index is 11.5. The van der Waals surface area contributed by atoms with E-state index in [1.807, 2.05) is 4.90 Å². The molecule has 0 bridgehead atoms. The Hall–Kier alpha value is -0.730. The predicted molar refractivity (Wildman–Crippen MR) is 84.3 cm³/mol. The second-order valence-electron chi connectivity index (χ2n) is 6.04. The van der Waals surface area contributed by atoms with Crippen LogP contribution in [0.25, 0.3) is 0 Å². The molecule has 5 N–H and O–H groups in total. The van der Waals surface area contributed by atoms with Crippen molar-refractivity contribution in [1.82, 2.24) is 4.90 Å². The second-order valence-corrected chi connectivity index (χ2v) is 6.04. The fraction of sp³-hybridized carbons (Fsp3) is 0.933. The Morgan fingerprint density at radius 1 is 1.05 bits per heavy atom. The van der Waals surface area contributed by atoms with Crippen LogP contribution in [0.4, 0.5) is 0 Å². The van der Waals surface area contributed by atoms with E-state index >= 15 is 0 Å². The normalized spacial score (nSPS) is 17.1. The van der Waals surface area contributed by atoms with Crippen LogP contribution >= 0.6 is 0 Å². The summed E-state index contributed by atoms with van der Waals surface area (Å²) in [5, 5.41) is 27.9. The van der Waals surface area contributed by atoms with Gasteiger partial charge in [0.2, 0.25) is 0 Å². The third-order valence-electron chi connectivity index (χ3n) is 3.05. The number of hydrogen-bond donors (Lipinski definition) is 4. The van der Waals surface area contributed by atoms with Crippen molar-refractivity contribution in [3.63, 3.8) is 0 Å². The summed E-state index contributed by atoms with van der Waals surface area (Å²) in [5.74, 6) is -0.495. The van der Waals surface area contributed by atoms with Crippen molar-refractivity contribution in [3.05, 3.63) is 0 Å². The quantitative estimate of drug-likeness (QED) is 0.282. The first-order chi connectivity index (χ1) is 10.2. The summed E-state index contributed by atoms with van der Waals surface area (Å²) in [6, 6.07) is -0.680. The molecule has 7 heteroatoms. The minimum Gasteiger partial charge on any atom is -0.462 e. The van der Waals surface area contributed by atoms with Crippen LogP contribution < -0.4 is 5.73 Å². The average Bonchev–Trinajstić information content (AvgIpc) is 2.38. The van der Waals surface area contributed by atoms with Gasteiger partial charge in [0.1, 0.15) is 12.6 Å². The van der Waals surface area contributed by atoms with Crippen molar-refractivity contribution in [2.75, 3.05) is 26.2 Å². The van der Waals surface area contributed by atoms with Gasteiger partial charge in [-0.2, -0.15) is 0 Å². The average molecular weight is 320 g/mol. The van der Waals surface area contributed by atoms with Gasteiger partial charge in [0.15, 0.2) is 0 Å². The Bertz CT molecular complexity index is 288. The largest absolute Gasteiger partial charge is 0.462 e. The molecular formula is C15H32N2O5. The molecule has 0 rings (SSSR count). The lowest BCUT2D eigenvalue weighted by atomic mass is 10.1. The highest BCUT2D eigenvalue weighted by molar-refractivity contribution is 5.75. The molecule has 0 fully saturated rings. The fourth-order valence-electron chi connectivity index (χ4n) is 2.13. The van der Waals surface area contributed by atoms with E-state index in [0.29, 0.717) is 19.5 Å². The Kier molecular flexibility index (Phi) is 11.4. The van der Waals surface area contributed by atoms with Gasteiger partial charge in [-0.1, -0.05) is 6.42 Å². The minimum atomic E-state index is -0.689. The van der Waals surface area contributed by atoms with Crippen LogP contribution in [0.1, 0.15) is 40.0 Å². The summed E-state index contributed by atoms with van der Waals surface area (Å²) < 4.78 is 4.86. The lowest BCUT2D eigenvalue weighted by Gasteiger charge is -2.25. The van der Waals surface area contributed by atoms with E-state index in [1.54, 1.807) is 13.8 Å². The molecule has 4 unspecified atom stereocenters. The maximum Gasteiger partial charge on any atom is 0.322 e. The van der Waals surface area contributed by atoms with Gasteiger partial charge in [-0.25, -0.2) is 0 Å². The standard InChI is InChI=1S/C15H32N2O5/c1-11(18)8-17(9-12(2)19)7-5-4-6-14(16)15(21)22-10-13(3)20/h11-14,18-20H,4-10,16H2,1-3H3. The van der Waals surface area contributed by atoms with E-state index < -0.39 is 30.3 Å². The molecule has 7 nitrogen and oxygen atoms in total. The first-order valence-electron chi connectivity index (χ1n) is 7.91. The van der Waals surface area contributed by atoms with Crippen LogP contribution in [0.2, 0.25) is 0 Å². The third kappa shape index (κ3) is 11.9. The zero-order chi connectivity index (χ0) is 17.1. The maximum absolute atomic E-state index is 11.5. The Labute approximate surface area is 133 Å². The Morgan fingerprint density at radius 3 is 2.05 bits per heavy atom. The molecule has 0 aromatic heterocycles. The summed E-state index contributed by atoms with van der Waals surface area (Å²) in [6.45, 7) is 6.67. The van der Waals surface area contributed by atoms with Crippen LogP contribution in [0, 0.1) is 0 Å². The van der Waals surface area contributed by atoms with Crippen molar-refractivity contribution in [1.29, 1.82) is 0 Å². The fourth-order valence-corrected chi connectivity index (χ4v) is 2.13. The van der Waals surface area contributed by atoms with Gasteiger partial charge < -0.3 is 25.8 Å². The molecule has 0 amide bonds. The van der Waals surface area contributed by atoms with Crippen molar-refractivity contribution >= 4 is 5.97 Å². The van der Waals surface area contributed by atoms with Gasteiger partial charge in [-0.15, -0.1) is 0 Å². The van der Waals surface area contributed by atoms with Gasteiger partial charge in [0.05, 0.1) is 18.3 Å². The number of ether oxygens (including phenoxy) is 1.